The van der Waals surface area contributed by atoms with E-state index >= 15 is 0 Å². The summed E-state index contributed by atoms with van der Waals surface area (Å²) in [5.41, 5.74) is 9.85. The number of aromatic nitrogens is 3. The largest absolute Gasteiger partial charge is 0.382 e. The summed E-state index contributed by atoms with van der Waals surface area (Å²) in [5, 5.41) is 6.92. The fourth-order valence-electron chi connectivity index (χ4n) is 3.82. The molecule has 2 aromatic heterocycles. The SMILES string of the molecule is CCCCn1cc2c(n1)c(N)nc1cc(CCCCCCC(C)(C)C)ccc12. The first-order valence-electron chi connectivity index (χ1n) is 10.9. The van der Waals surface area contributed by atoms with Crippen molar-refractivity contribution in [3.63, 3.8) is 0 Å². The van der Waals surface area contributed by atoms with Gasteiger partial charge in [-0.05, 0) is 42.7 Å². The van der Waals surface area contributed by atoms with Gasteiger partial charge in [0, 0.05) is 23.5 Å². The minimum Gasteiger partial charge on any atom is -0.382 e. The molecule has 0 aliphatic rings. The minimum absolute atomic E-state index is 0.458. The van der Waals surface area contributed by atoms with Gasteiger partial charge in [0.15, 0.2) is 5.82 Å². The Morgan fingerprint density at radius 2 is 1.79 bits per heavy atom. The van der Waals surface area contributed by atoms with Crippen molar-refractivity contribution in [1.82, 2.24) is 14.8 Å². The molecule has 0 unspecified atom stereocenters. The van der Waals surface area contributed by atoms with E-state index in [9.17, 15) is 0 Å². The van der Waals surface area contributed by atoms with Crippen molar-refractivity contribution in [2.75, 3.05) is 5.73 Å². The third kappa shape index (κ3) is 5.24. The molecule has 1 aromatic carbocycles. The molecule has 0 fully saturated rings. The molecule has 0 radical (unpaired) electrons. The average molecular weight is 381 g/mol. The first kappa shape index (κ1) is 20.6. The van der Waals surface area contributed by atoms with Crippen LogP contribution in [0.15, 0.2) is 24.4 Å². The van der Waals surface area contributed by atoms with Crippen LogP contribution in [0.2, 0.25) is 0 Å². The standard InChI is InChI=1S/C24H36N4/c1-5-6-15-28-17-20-19-13-12-18(11-9-7-8-10-14-24(2,3)4)16-21(19)26-23(25)22(20)27-28/h12-13,16-17H,5-11,14-15H2,1-4H3,(H2,25,26). The van der Waals surface area contributed by atoms with Crippen LogP contribution >= 0.6 is 0 Å². The molecule has 0 spiro atoms. The Labute approximate surface area is 169 Å². The lowest BCUT2D eigenvalue weighted by atomic mass is 9.89. The van der Waals surface area contributed by atoms with Crippen LogP contribution in [-0.2, 0) is 13.0 Å². The van der Waals surface area contributed by atoms with Crippen molar-refractivity contribution in [3.05, 3.63) is 30.0 Å². The number of hydrogen-bond donors (Lipinski definition) is 1. The third-order valence-corrected chi connectivity index (χ3v) is 5.48. The van der Waals surface area contributed by atoms with E-state index in [-0.39, 0.29) is 0 Å². The Morgan fingerprint density at radius 3 is 2.54 bits per heavy atom. The van der Waals surface area contributed by atoms with Crippen molar-refractivity contribution >= 4 is 27.6 Å². The highest BCUT2D eigenvalue weighted by Crippen LogP contribution is 2.28. The lowest BCUT2D eigenvalue weighted by molar-refractivity contribution is 0.357. The highest BCUT2D eigenvalue weighted by Gasteiger charge is 2.12. The monoisotopic (exact) mass is 380 g/mol. The second-order valence-corrected chi connectivity index (χ2v) is 9.33. The van der Waals surface area contributed by atoms with Gasteiger partial charge < -0.3 is 5.73 Å². The van der Waals surface area contributed by atoms with Crippen LogP contribution in [0.1, 0.15) is 78.2 Å². The molecule has 152 valence electrons. The summed E-state index contributed by atoms with van der Waals surface area (Å²) in [6.07, 6.45) is 12.0. The van der Waals surface area contributed by atoms with Crippen molar-refractivity contribution in [1.29, 1.82) is 0 Å². The molecule has 0 aliphatic carbocycles. The predicted molar refractivity (Wildman–Crippen MR) is 121 cm³/mol. The van der Waals surface area contributed by atoms with Gasteiger partial charge in [-0.1, -0.05) is 65.5 Å². The first-order chi connectivity index (χ1) is 13.4. The van der Waals surface area contributed by atoms with Gasteiger partial charge in [-0.15, -0.1) is 0 Å². The highest BCUT2D eigenvalue weighted by molar-refractivity contribution is 6.07. The van der Waals surface area contributed by atoms with Crippen LogP contribution in [0.4, 0.5) is 5.82 Å². The molecule has 0 bridgehead atoms. The van der Waals surface area contributed by atoms with Gasteiger partial charge in [-0.3, -0.25) is 4.68 Å². The van der Waals surface area contributed by atoms with E-state index in [0.717, 1.165) is 47.6 Å². The zero-order chi connectivity index (χ0) is 20.1. The molecule has 0 aliphatic heterocycles. The average Bonchev–Trinajstić information content (AvgIpc) is 3.07. The Kier molecular flexibility index (Phi) is 6.58. The fourth-order valence-corrected chi connectivity index (χ4v) is 3.82. The molecule has 4 nitrogen and oxygen atoms in total. The number of hydrogen-bond acceptors (Lipinski definition) is 3. The number of fused-ring (bicyclic) bond motifs is 3. The van der Waals surface area contributed by atoms with Gasteiger partial charge >= 0.3 is 0 Å². The second kappa shape index (κ2) is 8.93. The Balaban J connectivity index is 1.67. The number of nitrogens with two attached hydrogens (primary N) is 1. The third-order valence-electron chi connectivity index (χ3n) is 5.48. The van der Waals surface area contributed by atoms with E-state index in [1.807, 2.05) is 4.68 Å². The number of anilines is 1. The number of nitrogens with zero attached hydrogens (tertiary/aromatic N) is 3. The van der Waals surface area contributed by atoms with Crippen LogP contribution in [0.5, 0.6) is 0 Å². The van der Waals surface area contributed by atoms with Gasteiger partial charge in [-0.25, -0.2) is 4.98 Å². The fraction of sp³-hybridized carbons (Fsp3) is 0.583. The molecular formula is C24H36N4. The molecule has 0 saturated heterocycles. The van der Waals surface area contributed by atoms with E-state index in [2.05, 4.69) is 62.2 Å². The number of benzene rings is 1. The highest BCUT2D eigenvalue weighted by atomic mass is 15.3. The lowest BCUT2D eigenvalue weighted by Gasteiger charge is -2.17. The van der Waals surface area contributed by atoms with Gasteiger partial charge in [0.25, 0.3) is 0 Å². The summed E-state index contributed by atoms with van der Waals surface area (Å²) in [5.74, 6) is 0.539. The molecule has 3 rings (SSSR count). The Hall–Kier alpha value is -2.10. The summed E-state index contributed by atoms with van der Waals surface area (Å²) in [6.45, 7) is 10.1. The van der Waals surface area contributed by atoms with Crippen molar-refractivity contribution in [2.45, 2.75) is 85.6 Å². The van der Waals surface area contributed by atoms with Crippen molar-refractivity contribution in [3.8, 4) is 0 Å². The molecule has 0 amide bonds. The van der Waals surface area contributed by atoms with Crippen molar-refractivity contribution < 1.29 is 0 Å². The van der Waals surface area contributed by atoms with E-state index in [0.29, 0.717) is 11.2 Å². The zero-order valence-electron chi connectivity index (χ0n) is 18.1. The number of nitrogen functional groups attached to an aromatic ring is 1. The Morgan fingerprint density at radius 1 is 1.00 bits per heavy atom. The molecule has 2 N–H and O–H groups in total. The minimum atomic E-state index is 0.458. The number of aryl methyl sites for hydroxylation is 2. The van der Waals surface area contributed by atoms with Crippen molar-refractivity contribution in [2.24, 2.45) is 5.41 Å². The smallest absolute Gasteiger partial charge is 0.152 e. The van der Waals surface area contributed by atoms with E-state index in [1.54, 1.807) is 0 Å². The van der Waals surface area contributed by atoms with Gasteiger partial charge in [0.2, 0.25) is 0 Å². The summed E-state index contributed by atoms with van der Waals surface area (Å²) in [7, 11) is 0. The van der Waals surface area contributed by atoms with Crippen LogP contribution in [0.3, 0.4) is 0 Å². The number of rotatable bonds is 9. The summed E-state index contributed by atoms with van der Waals surface area (Å²) in [6, 6.07) is 6.66. The molecule has 4 heteroatoms. The number of pyridine rings is 1. The number of unbranched alkanes of at least 4 members (excludes halogenated alkanes) is 4. The van der Waals surface area contributed by atoms with Crippen LogP contribution in [0.25, 0.3) is 21.8 Å². The second-order valence-electron chi connectivity index (χ2n) is 9.33. The first-order valence-corrected chi connectivity index (χ1v) is 10.9. The van der Waals surface area contributed by atoms with E-state index in [1.165, 1.54) is 37.7 Å². The molecule has 2 heterocycles. The van der Waals surface area contributed by atoms with Gasteiger partial charge in [0.05, 0.1) is 5.52 Å². The van der Waals surface area contributed by atoms with Crippen LogP contribution in [-0.4, -0.2) is 14.8 Å². The predicted octanol–water partition coefficient (Wildman–Crippen LogP) is 6.51. The van der Waals surface area contributed by atoms with Gasteiger partial charge in [-0.2, -0.15) is 5.10 Å². The van der Waals surface area contributed by atoms with Gasteiger partial charge in [0.1, 0.15) is 5.52 Å². The molecule has 0 atom stereocenters. The maximum absolute atomic E-state index is 6.22. The quantitative estimate of drug-likeness (QED) is 0.431. The Bertz CT molecular complexity index is 918. The van der Waals surface area contributed by atoms with Crippen LogP contribution < -0.4 is 5.73 Å². The topological polar surface area (TPSA) is 56.7 Å². The molecular weight excluding hydrogens is 344 g/mol. The summed E-state index contributed by atoms with van der Waals surface area (Å²) >= 11 is 0. The van der Waals surface area contributed by atoms with E-state index < -0.39 is 0 Å². The molecule has 28 heavy (non-hydrogen) atoms. The maximum Gasteiger partial charge on any atom is 0.152 e. The summed E-state index contributed by atoms with van der Waals surface area (Å²) in [4.78, 5) is 4.64. The van der Waals surface area contributed by atoms with E-state index in [4.69, 9.17) is 5.73 Å². The normalized spacial score (nSPS) is 12.3. The van der Waals surface area contributed by atoms with Crippen LogP contribution in [0, 0.1) is 5.41 Å². The molecule has 3 aromatic rings. The maximum atomic E-state index is 6.22. The molecule has 0 saturated carbocycles. The zero-order valence-corrected chi connectivity index (χ0v) is 18.1. The lowest BCUT2D eigenvalue weighted by Crippen LogP contribution is -2.03. The summed E-state index contributed by atoms with van der Waals surface area (Å²) < 4.78 is 2.01.